The Balaban J connectivity index is 2.08. The van der Waals surface area contributed by atoms with Crippen LogP contribution in [0.1, 0.15) is 30.5 Å². The zero-order valence-electron chi connectivity index (χ0n) is 12.8. The van der Waals surface area contributed by atoms with Crippen LogP contribution in [-0.2, 0) is 13.2 Å². The highest BCUT2D eigenvalue weighted by molar-refractivity contribution is 6.31. The van der Waals surface area contributed by atoms with Crippen molar-refractivity contribution in [3.63, 3.8) is 0 Å². The summed E-state index contributed by atoms with van der Waals surface area (Å²) in [6.45, 7) is 7.57. The van der Waals surface area contributed by atoms with Crippen molar-refractivity contribution in [2.45, 2.75) is 40.0 Å². The Kier molecular flexibility index (Phi) is 5.66. The maximum absolute atomic E-state index is 6.30. The molecule has 0 aliphatic heterocycles. The zero-order valence-corrected chi connectivity index (χ0v) is 13.6. The number of halogens is 1. The standard InChI is InChI=1S/C18H22ClNO/c1-13(2)20-11-16-17(19)5-4-6-18(16)21-12-15-9-7-14(3)8-10-15/h4-10,13,20H,11-12H2,1-3H3. The van der Waals surface area contributed by atoms with Crippen molar-refractivity contribution < 1.29 is 4.74 Å². The van der Waals surface area contributed by atoms with Crippen LogP contribution in [0.15, 0.2) is 42.5 Å². The van der Waals surface area contributed by atoms with Crippen LogP contribution < -0.4 is 10.1 Å². The predicted molar refractivity (Wildman–Crippen MR) is 88.9 cm³/mol. The van der Waals surface area contributed by atoms with Crippen LogP contribution in [0, 0.1) is 6.92 Å². The molecule has 0 unspecified atom stereocenters. The normalized spacial score (nSPS) is 10.9. The molecule has 0 saturated carbocycles. The average molecular weight is 304 g/mol. The second-order valence-corrected chi connectivity index (χ2v) is 5.93. The molecule has 0 saturated heterocycles. The third-order valence-corrected chi connectivity index (χ3v) is 3.63. The van der Waals surface area contributed by atoms with Crippen LogP contribution in [0.3, 0.4) is 0 Å². The number of aryl methyl sites for hydroxylation is 1. The lowest BCUT2D eigenvalue weighted by atomic mass is 10.1. The van der Waals surface area contributed by atoms with E-state index in [0.717, 1.165) is 21.9 Å². The highest BCUT2D eigenvalue weighted by Gasteiger charge is 2.09. The summed E-state index contributed by atoms with van der Waals surface area (Å²) in [5, 5.41) is 4.12. The van der Waals surface area contributed by atoms with Crippen LogP contribution in [0.2, 0.25) is 5.02 Å². The van der Waals surface area contributed by atoms with Crippen molar-refractivity contribution in [3.05, 3.63) is 64.2 Å². The minimum absolute atomic E-state index is 0.409. The number of ether oxygens (including phenoxy) is 1. The summed E-state index contributed by atoms with van der Waals surface area (Å²) in [5.41, 5.74) is 3.42. The van der Waals surface area contributed by atoms with Gasteiger partial charge in [0.2, 0.25) is 0 Å². The van der Waals surface area contributed by atoms with Crippen LogP contribution in [-0.4, -0.2) is 6.04 Å². The largest absolute Gasteiger partial charge is 0.489 e. The molecule has 0 atom stereocenters. The number of hydrogen-bond acceptors (Lipinski definition) is 2. The molecular formula is C18H22ClNO. The maximum atomic E-state index is 6.30. The maximum Gasteiger partial charge on any atom is 0.125 e. The van der Waals surface area contributed by atoms with Gasteiger partial charge in [-0.15, -0.1) is 0 Å². The molecule has 0 bridgehead atoms. The number of rotatable bonds is 6. The van der Waals surface area contributed by atoms with Gasteiger partial charge in [0.25, 0.3) is 0 Å². The molecule has 0 heterocycles. The third kappa shape index (κ3) is 4.76. The Morgan fingerprint density at radius 1 is 1.10 bits per heavy atom. The summed E-state index contributed by atoms with van der Waals surface area (Å²) >= 11 is 6.30. The van der Waals surface area contributed by atoms with Crippen molar-refractivity contribution in [2.75, 3.05) is 0 Å². The van der Waals surface area contributed by atoms with E-state index >= 15 is 0 Å². The third-order valence-electron chi connectivity index (χ3n) is 3.28. The molecule has 2 aromatic rings. The smallest absolute Gasteiger partial charge is 0.125 e. The second-order valence-electron chi connectivity index (χ2n) is 5.53. The van der Waals surface area contributed by atoms with Gasteiger partial charge in [0, 0.05) is 23.2 Å². The average Bonchev–Trinajstić information content (AvgIpc) is 2.45. The van der Waals surface area contributed by atoms with Gasteiger partial charge in [-0.1, -0.05) is 61.3 Å². The molecule has 112 valence electrons. The van der Waals surface area contributed by atoms with E-state index in [2.05, 4.69) is 50.4 Å². The van der Waals surface area contributed by atoms with Gasteiger partial charge in [0.05, 0.1) is 0 Å². The number of hydrogen-bond donors (Lipinski definition) is 1. The molecule has 2 nitrogen and oxygen atoms in total. The van der Waals surface area contributed by atoms with Gasteiger partial charge in [-0.05, 0) is 24.6 Å². The van der Waals surface area contributed by atoms with Crippen LogP contribution in [0.25, 0.3) is 0 Å². The fraction of sp³-hybridized carbons (Fsp3) is 0.333. The predicted octanol–water partition coefficient (Wildman–Crippen LogP) is 4.73. The molecule has 0 aliphatic rings. The fourth-order valence-corrected chi connectivity index (χ4v) is 2.23. The van der Waals surface area contributed by atoms with Crippen molar-refractivity contribution in [1.29, 1.82) is 0 Å². The number of nitrogens with one attached hydrogen (secondary N) is 1. The molecule has 0 aliphatic carbocycles. The van der Waals surface area contributed by atoms with E-state index in [0.29, 0.717) is 19.2 Å². The van der Waals surface area contributed by atoms with Crippen LogP contribution in [0.5, 0.6) is 5.75 Å². The molecule has 21 heavy (non-hydrogen) atoms. The highest BCUT2D eigenvalue weighted by Crippen LogP contribution is 2.27. The lowest BCUT2D eigenvalue weighted by Crippen LogP contribution is -2.22. The molecular weight excluding hydrogens is 282 g/mol. The molecule has 0 aromatic heterocycles. The van der Waals surface area contributed by atoms with Crippen molar-refractivity contribution in [2.24, 2.45) is 0 Å². The molecule has 0 fully saturated rings. The zero-order chi connectivity index (χ0) is 15.2. The van der Waals surface area contributed by atoms with E-state index in [4.69, 9.17) is 16.3 Å². The van der Waals surface area contributed by atoms with Gasteiger partial charge >= 0.3 is 0 Å². The summed E-state index contributed by atoms with van der Waals surface area (Å²) in [6, 6.07) is 14.6. The van der Waals surface area contributed by atoms with Crippen molar-refractivity contribution in [1.82, 2.24) is 5.32 Å². The van der Waals surface area contributed by atoms with E-state index in [9.17, 15) is 0 Å². The monoisotopic (exact) mass is 303 g/mol. The minimum atomic E-state index is 0.409. The van der Waals surface area contributed by atoms with Gasteiger partial charge in [-0.3, -0.25) is 0 Å². The van der Waals surface area contributed by atoms with Crippen LogP contribution >= 0.6 is 11.6 Å². The van der Waals surface area contributed by atoms with Gasteiger partial charge < -0.3 is 10.1 Å². The molecule has 0 spiro atoms. The van der Waals surface area contributed by atoms with E-state index < -0.39 is 0 Å². The molecule has 1 N–H and O–H groups in total. The first-order valence-electron chi connectivity index (χ1n) is 7.25. The molecule has 0 amide bonds. The summed E-state index contributed by atoms with van der Waals surface area (Å²) in [7, 11) is 0. The van der Waals surface area contributed by atoms with Gasteiger partial charge in [-0.2, -0.15) is 0 Å². The summed E-state index contributed by atoms with van der Waals surface area (Å²) in [4.78, 5) is 0. The van der Waals surface area contributed by atoms with Gasteiger partial charge in [0.15, 0.2) is 0 Å². The summed E-state index contributed by atoms with van der Waals surface area (Å²) in [6.07, 6.45) is 0. The van der Waals surface area contributed by atoms with E-state index in [1.807, 2.05) is 18.2 Å². The van der Waals surface area contributed by atoms with Crippen molar-refractivity contribution >= 4 is 11.6 Å². The Morgan fingerprint density at radius 2 is 1.81 bits per heavy atom. The molecule has 0 radical (unpaired) electrons. The van der Waals surface area contributed by atoms with Gasteiger partial charge in [0.1, 0.15) is 12.4 Å². The first-order valence-corrected chi connectivity index (χ1v) is 7.63. The molecule has 2 rings (SSSR count). The van der Waals surface area contributed by atoms with E-state index in [1.54, 1.807) is 0 Å². The van der Waals surface area contributed by atoms with Crippen LogP contribution in [0.4, 0.5) is 0 Å². The fourth-order valence-electron chi connectivity index (χ4n) is 2.00. The Labute approximate surface area is 132 Å². The Morgan fingerprint density at radius 3 is 2.48 bits per heavy atom. The minimum Gasteiger partial charge on any atom is -0.489 e. The van der Waals surface area contributed by atoms with Crippen molar-refractivity contribution in [3.8, 4) is 5.75 Å². The molecule has 3 heteroatoms. The van der Waals surface area contributed by atoms with Gasteiger partial charge in [-0.25, -0.2) is 0 Å². The quantitative estimate of drug-likeness (QED) is 0.833. The number of benzene rings is 2. The topological polar surface area (TPSA) is 21.3 Å². The Hall–Kier alpha value is -1.51. The Bertz CT molecular complexity index is 578. The SMILES string of the molecule is Cc1ccc(COc2cccc(Cl)c2CNC(C)C)cc1. The van der Waals surface area contributed by atoms with E-state index in [1.165, 1.54) is 5.56 Å². The second kappa shape index (κ2) is 7.48. The van der Waals surface area contributed by atoms with E-state index in [-0.39, 0.29) is 0 Å². The summed E-state index contributed by atoms with van der Waals surface area (Å²) in [5.74, 6) is 0.844. The lowest BCUT2D eigenvalue weighted by molar-refractivity contribution is 0.302. The highest BCUT2D eigenvalue weighted by atomic mass is 35.5. The lowest BCUT2D eigenvalue weighted by Gasteiger charge is -2.15. The first-order chi connectivity index (χ1) is 10.1. The first kappa shape index (κ1) is 15.9. The molecule has 2 aromatic carbocycles. The summed E-state index contributed by atoms with van der Waals surface area (Å²) < 4.78 is 5.95.